The zero-order chi connectivity index (χ0) is 16.9. The average molecular weight is 346 g/mol. The Morgan fingerprint density at radius 2 is 2.04 bits per heavy atom. The number of thioether (sulfide) groups is 1. The van der Waals surface area contributed by atoms with Crippen LogP contribution < -0.4 is 4.90 Å². The zero-order valence-corrected chi connectivity index (χ0v) is 14.9. The van der Waals surface area contributed by atoms with Gasteiger partial charge in [-0.2, -0.15) is 0 Å². The smallest absolute Gasteiger partial charge is 0.232 e. The summed E-state index contributed by atoms with van der Waals surface area (Å²) in [6, 6.07) is 5.92. The zero-order valence-electron chi connectivity index (χ0n) is 14.1. The van der Waals surface area contributed by atoms with Crippen LogP contribution in [0.4, 0.5) is 5.82 Å². The SMILES string of the molecule is Cc1noc(C)c1CSCC(=O)N1CCN(c2ccccn2)CC1. The van der Waals surface area contributed by atoms with Gasteiger partial charge in [-0.1, -0.05) is 11.2 Å². The fourth-order valence-corrected chi connectivity index (χ4v) is 3.84. The minimum Gasteiger partial charge on any atom is -0.361 e. The Morgan fingerprint density at radius 1 is 1.25 bits per heavy atom. The molecule has 1 fully saturated rings. The number of piperazine rings is 1. The van der Waals surface area contributed by atoms with Crippen molar-refractivity contribution >= 4 is 23.5 Å². The molecule has 3 rings (SSSR count). The van der Waals surface area contributed by atoms with Crippen LogP contribution in [0.5, 0.6) is 0 Å². The maximum Gasteiger partial charge on any atom is 0.232 e. The first-order valence-electron chi connectivity index (χ1n) is 8.08. The molecule has 0 N–H and O–H groups in total. The molecule has 6 nitrogen and oxygen atoms in total. The molecule has 0 radical (unpaired) electrons. The molecular weight excluding hydrogens is 324 g/mol. The van der Waals surface area contributed by atoms with Crippen molar-refractivity contribution in [3.05, 3.63) is 41.4 Å². The molecule has 0 unspecified atom stereocenters. The second-order valence-corrected chi connectivity index (χ2v) is 6.84. The predicted octanol–water partition coefficient (Wildman–Crippen LogP) is 2.27. The highest BCUT2D eigenvalue weighted by Crippen LogP contribution is 2.20. The van der Waals surface area contributed by atoms with Gasteiger partial charge in [-0.15, -0.1) is 11.8 Å². The number of hydrogen-bond acceptors (Lipinski definition) is 6. The van der Waals surface area contributed by atoms with E-state index in [1.165, 1.54) is 0 Å². The van der Waals surface area contributed by atoms with E-state index >= 15 is 0 Å². The topological polar surface area (TPSA) is 62.5 Å². The second-order valence-electron chi connectivity index (χ2n) is 5.85. The maximum atomic E-state index is 12.4. The number of anilines is 1. The third kappa shape index (κ3) is 3.90. The summed E-state index contributed by atoms with van der Waals surface area (Å²) in [4.78, 5) is 20.9. The Balaban J connectivity index is 1.44. The minimum absolute atomic E-state index is 0.201. The minimum atomic E-state index is 0.201. The molecule has 24 heavy (non-hydrogen) atoms. The van der Waals surface area contributed by atoms with E-state index in [4.69, 9.17) is 4.52 Å². The lowest BCUT2D eigenvalue weighted by atomic mass is 10.2. The van der Waals surface area contributed by atoms with Gasteiger partial charge in [0.2, 0.25) is 5.91 Å². The maximum absolute atomic E-state index is 12.4. The van der Waals surface area contributed by atoms with E-state index in [0.29, 0.717) is 5.75 Å². The highest BCUT2D eigenvalue weighted by Gasteiger charge is 2.21. The Labute approximate surface area is 146 Å². The number of aryl methyl sites for hydroxylation is 2. The number of aromatic nitrogens is 2. The number of amides is 1. The molecule has 0 bridgehead atoms. The molecule has 1 aliphatic rings. The van der Waals surface area contributed by atoms with Crippen LogP contribution in [0.15, 0.2) is 28.9 Å². The summed E-state index contributed by atoms with van der Waals surface area (Å²) >= 11 is 1.62. The molecule has 0 aliphatic carbocycles. The molecule has 1 saturated heterocycles. The van der Waals surface area contributed by atoms with Gasteiger partial charge in [-0.3, -0.25) is 4.79 Å². The van der Waals surface area contributed by atoms with Crippen molar-refractivity contribution in [2.75, 3.05) is 36.8 Å². The van der Waals surface area contributed by atoms with Crippen molar-refractivity contribution < 1.29 is 9.32 Å². The van der Waals surface area contributed by atoms with Gasteiger partial charge in [0.1, 0.15) is 11.6 Å². The normalized spacial score (nSPS) is 14.9. The molecule has 0 spiro atoms. The van der Waals surface area contributed by atoms with Crippen molar-refractivity contribution in [3.63, 3.8) is 0 Å². The van der Waals surface area contributed by atoms with Gasteiger partial charge in [-0.25, -0.2) is 4.98 Å². The summed E-state index contributed by atoms with van der Waals surface area (Å²) < 4.78 is 5.15. The van der Waals surface area contributed by atoms with E-state index in [1.54, 1.807) is 18.0 Å². The largest absolute Gasteiger partial charge is 0.361 e. The Kier molecular flexibility index (Phi) is 5.40. The van der Waals surface area contributed by atoms with E-state index in [9.17, 15) is 4.79 Å². The van der Waals surface area contributed by atoms with Gasteiger partial charge in [0.05, 0.1) is 11.4 Å². The van der Waals surface area contributed by atoms with Crippen molar-refractivity contribution in [2.24, 2.45) is 0 Å². The van der Waals surface area contributed by atoms with Crippen LogP contribution in [0.1, 0.15) is 17.0 Å². The van der Waals surface area contributed by atoms with Crippen LogP contribution in [0.3, 0.4) is 0 Å². The lowest BCUT2D eigenvalue weighted by Gasteiger charge is -2.35. The van der Waals surface area contributed by atoms with Crippen molar-refractivity contribution in [1.82, 2.24) is 15.0 Å². The van der Waals surface area contributed by atoms with Crippen molar-refractivity contribution in [3.8, 4) is 0 Å². The van der Waals surface area contributed by atoms with E-state index in [-0.39, 0.29) is 5.91 Å². The van der Waals surface area contributed by atoms with Gasteiger partial charge in [0, 0.05) is 43.7 Å². The monoisotopic (exact) mass is 346 g/mol. The van der Waals surface area contributed by atoms with Gasteiger partial charge >= 0.3 is 0 Å². The van der Waals surface area contributed by atoms with Crippen molar-refractivity contribution in [1.29, 1.82) is 0 Å². The first kappa shape index (κ1) is 16.8. The van der Waals surface area contributed by atoms with Crippen LogP contribution in [0, 0.1) is 13.8 Å². The van der Waals surface area contributed by atoms with Crippen molar-refractivity contribution in [2.45, 2.75) is 19.6 Å². The van der Waals surface area contributed by atoms with Crippen LogP contribution in [-0.2, 0) is 10.5 Å². The standard InChI is InChI=1S/C17H22N4O2S/c1-13-15(14(2)23-19-13)11-24-12-17(22)21-9-7-20(8-10-21)16-5-3-4-6-18-16/h3-6H,7-12H2,1-2H3. The van der Waals surface area contributed by atoms with Gasteiger partial charge in [0.25, 0.3) is 0 Å². The van der Waals surface area contributed by atoms with Crippen LogP contribution in [-0.4, -0.2) is 52.9 Å². The quantitative estimate of drug-likeness (QED) is 0.828. The number of carbonyl (C=O) groups excluding carboxylic acids is 1. The Morgan fingerprint density at radius 3 is 2.67 bits per heavy atom. The molecule has 128 valence electrons. The second kappa shape index (κ2) is 7.70. The average Bonchev–Trinajstić information content (AvgIpc) is 2.94. The number of hydrogen-bond donors (Lipinski definition) is 0. The van der Waals surface area contributed by atoms with Crippen LogP contribution >= 0.6 is 11.8 Å². The number of rotatable bonds is 5. The summed E-state index contributed by atoms with van der Waals surface area (Å²) in [5.74, 6) is 3.29. The van der Waals surface area contributed by atoms with E-state index < -0.39 is 0 Å². The van der Waals surface area contributed by atoms with E-state index in [1.807, 2.05) is 36.9 Å². The summed E-state index contributed by atoms with van der Waals surface area (Å²) in [6.07, 6.45) is 1.80. The number of carbonyl (C=O) groups is 1. The molecule has 1 amide bonds. The van der Waals surface area contributed by atoms with Gasteiger partial charge < -0.3 is 14.3 Å². The van der Waals surface area contributed by atoms with E-state index in [2.05, 4.69) is 15.0 Å². The summed E-state index contributed by atoms with van der Waals surface area (Å²) in [6.45, 7) is 7.01. The van der Waals surface area contributed by atoms with E-state index in [0.717, 1.165) is 54.8 Å². The summed E-state index contributed by atoms with van der Waals surface area (Å²) in [7, 11) is 0. The van der Waals surface area contributed by atoms with Gasteiger partial charge in [-0.05, 0) is 26.0 Å². The first-order valence-corrected chi connectivity index (χ1v) is 9.24. The third-order valence-electron chi connectivity index (χ3n) is 4.26. The molecule has 0 atom stereocenters. The lowest BCUT2D eigenvalue weighted by Crippen LogP contribution is -2.49. The molecule has 2 aromatic rings. The van der Waals surface area contributed by atoms with Crippen LogP contribution in [0.2, 0.25) is 0 Å². The summed E-state index contributed by atoms with van der Waals surface area (Å²) in [5.41, 5.74) is 2.02. The molecule has 2 aromatic heterocycles. The molecule has 1 aliphatic heterocycles. The number of pyridine rings is 1. The molecule has 0 aromatic carbocycles. The highest BCUT2D eigenvalue weighted by atomic mass is 32.2. The number of nitrogens with zero attached hydrogens (tertiary/aromatic N) is 4. The van der Waals surface area contributed by atoms with Gasteiger partial charge in [0.15, 0.2) is 0 Å². The third-order valence-corrected chi connectivity index (χ3v) is 5.20. The highest BCUT2D eigenvalue weighted by molar-refractivity contribution is 7.99. The Bertz CT molecular complexity index is 662. The molecule has 0 saturated carbocycles. The van der Waals surface area contributed by atoms with Crippen LogP contribution in [0.25, 0.3) is 0 Å². The predicted molar refractivity (Wildman–Crippen MR) is 95.2 cm³/mol. The first-order chi connectivity index (χ1) is 11.6. The summed E-state index contributed by atoms with van der Waals surface area (Å²) in [5, 5.41) is 3.95. The lowest BCUT2D eigenvalue weighted by molar-refractivity contribution is -0.128. The molecular formula is C17H22N4O2S. The fraction of sp³-hybridized carbons (Fsp3) is 0.471. The molecule has 3 heterocycles. The Hall–Kier alpha value is -2.02. The molecule has 7 heteroatoms. The fourth-order valence-electron chi connectivity index (χ4n) is 2.77.